The van der Waals surface area contributed by atoms with E-state index in [0.29, 0.717) is 45.9 Å². The zero-order chi connectivity index (χ0) is 26.2. The topological polar surface area (TPSA) is 141 Å². The molecule has 0 aliphatic carbocycles. The van der Waals surface area contributed by atoms with Crippen LogP contribution in [-0.4, -0.2) is 95.9 Å². The fourth-order valence-electron chi connectivity index (χ4n) is 2.51. The van der Waals surface area contributed by atoms with Crippen molar-refractivity contribution in [3.63, 3.8) is 0 Å². The first kappa shape index (κ1) is 34.0. The van der Waals surface area contributed by atoms with E-state index >= 15 is 0 Å². The Bertz CT molecular complexity index is 625. The van der Waals surface area contributed by atoms with Crippen molar-refractivity contribution in [3.05, 3.63) is 0 Å². The van der Waals surface area contributed by atoms with Gasteiger partial charge in [0.2, 0.25) is 11.8 Å². The highest BCUT2D eigenvalue weighted by molar-refractivity contribution is 8.46. The van der Waals surface area contributed by atoms with Crippen LogP contribution in [0.15, 0.2) is 0 Å². The normalized spacial score (nSPS) is 12.5. The van der Waals surface area contributed by atoms with Gasteiger partial charge in [0.15, 0.2) is 0 Å². The number of carbonyl (C=O) groups is 3. The molecule has 11 nitrogen and oxygen atoms in total. The maximum Gasteiger partial charge on any atom is 0.407 e. The Morgan fingerprint density at radius 3 is 2.09 bits per heavy atom. The fourth-order valence-corrected chi connectivity index (χ4v) is 3.61. The summed E-state index contributed by atoms with van der Waals surface area (Å²) >= 11 is 5.49. The van der Waals surface area contributed by atoms with Crippen molar-refractivity contribution in [1.29, 1.82) is 0 Å². The van der Waals surface area contributed by atoms with Crippen LogP contribution in [0.25, 0.3) is 0 Å². The minimum Gasteiger partial charge on any atom is -0.448 e. The molecule has 0 aliphatic heterocycles. The molecule has 0 spiro atoms. The molecule has 0 saturated heterocycles. The van der Waals surface area contributed by atoms with Gasteiger partial charge in [0, 0.05) is 38.3 Å². The van der Waals surface area contributed by atoms with Gasteiger partial charge < -0.3 is 34.7 Å². The molecule has 0 aromatic rings. The Kier molecular flexibility index (Phi) is 22.8. The molecular weight excluding hydrogens is 517 g/mol. The Labute approximate surface area is 218 Å². The van der Waals surface area contributed by atoms with Crippen LogP contribution in [0.4, 0.5) is 4.79 Å². The number of alkyl carbamates (subject to hydrolysis) is 1. The van der Waals surface area contributed by atoms with E-state index in [0.717, 1.165) is 31.4 Å². The second-order valence-corrected chi connectivity index (χ2v) is 12.6. The molecular formula is C21H42N3O8PS2. The number of unbranched alkanes of at least 4 members (excludes halogenated alkanes) is 3. The largest absolute Gasteiger partial charge is 0.448 e. The van der Waals surface area contributed by atoms with E-state index in [4.69, 9.17) is 18.7 Å². The molecule has 0 aliphatic rings. The van der Waals surface area contributed by atoms with Crippen molar-refractivity contribution in [2.24, 2.45) is 0 Å². The second kappa shape index (κ2) is 23.4. The second-order valence-electron chi connectivity index (χ2n) is 7.53. The number of rotatable bonds is 23. The van der Waals surface area contributed by atoms with Gasteiger partial charge in [-0.3, -0.25) is 14.2 Å². The summed E-state index contributed by atoms with van der Waals surface area (Å²) in [6.07, 6.45) is 5.56. The third-order valence-corrected chi connectivity index (χ3v) is 5.90. The van der Waals surface area contributed by atoms with Gasteiger partial charge in [-0.05, 0) is 19.1 Å². The number of nitrogens with one attached hydrogen (secondary N) is 3. The lowest BCUT2D eigenvalue weighted by Crippen LogP contribution is -2.31. The number of carbonyl (C=O) groups excluding carboxylic acids is 3. The van der Waals surface area contributed by atoms with Gasteiger partial charge in [0.25, 0.3) is 6.57 Å². The Morgan fingerprint density at radius 2 is 1.40 bits per heavy atom. The van der Waals surface area contributed by atoms with E-state index in [1.54, 1.807) is 11.8 Å². The average Bonchev–Trinajstić information content (AvgIpc) is 2.80. The predicted molar refractivity (Wildman–Crippen MR) is 142 cm³/mol. The van der Waals surface area contributed by atoms with Crippen molar-refractivity contribution in [2.75, 3.05) is 77.9 Å². The molecule has 0 heterocycles. The minimum atomic E-state index is -2.70. The van der Waals surface area contributed by atoms with Crippen LogP contribution in [0.1, 0.15) is 38.5 Å². The molecule has 3 N–H and O–H groups in total. The molecule has 35 heavy (non-hydrogen) atoms. The summed E-state index contributed by atoms with van der Waals surface area (Å²) in [5.41, 5.74) is 0. The van der Waals surface area contributed by atoms with Crippen molar-refractivity contribution < 1.29 is 37.7 Å². The van der Waals surface area contributed by atoms with Crippen LogP contribution in [0, 0.1) is 0 Å². The van der Waals surface area contributed by atoms with E-state index in [2.05, 4.69) is 28.2 Å². The van der Waals surface area contributed by atoms with Crippen LogP contribution in [0.5, 0.6) is 0 Å². The minimum absolute atomic E-state index is 0.0196. The molecule has 0 bridgehead atoms. The van der Waals surface area contributed by atoms with Gasteiger partial charge >= 0.3 is 6.09 Å². The fraction of sp³-hybridized carbons (Fsp3) is 0.857. The van der Waals surface area contributed by atoms with Gasteiger partial charge in [-0.2, -0.15) is 11.8 Å². The lowest BCUT2D eigenvalue weighted by molar-refractivity contribution is -0.122. The quantitative estimate of drug-likeness (QED) is 0.0844. The van der Waals surface area contributed by atoms with Crippen LogP contribution < -0.4 is 16.0 Å². The van der Waals surface area contributed by atoms with E-state index < -0.39 is 12.7 Å². The highest BCUT2D eigenvalue weighted by Gasteiger charge is 2.07. The molecule has 0 saturated carbocycles. The summed E-state index contributed by atoms with van der Waals surface area (Å²) in [4.78, 5) is 34.7. The molecule has 0 aromatic heterocycles. The first-order chi connectivity index (χ1) is 16.7. The summed E-state index contributed by atoms with van der Waals surface area (Å²) in [5, 5.41) is 8.08. The number of amides is 3. The number of thiol groups is 1. The maximum absolute atomic E-state index is 11.7. The van der Waals surface area contributed by atoms with Crippen LogP contribution in [0.2, 0.25) is 0 Å². The zero-order valence-corrected chi connectivity index (χ0v) is 23.5. The van der Waals surface area contributed by atoms with Crippen molar-refractivity contribution in [1.82, 2.24) is 16.0 Å². The molecule has 1 atom stereocenters. The standard InChI is InChI=1S/C21H42N3O8PS2/c1-33(28,34)32-12-6-4-3-5-9-24-21(27)31-15-11-23-19(25)7-13-29-16-17-30-14-10-22-20(26)8-18-35-2/h3-18H2,1-2H3,(H,22,26)(H,23,25)(H,24,27)(H,28,34). The third kappa shape index (κ3) is 27.5. The molecule has 206 valence electrons. The van der Waals surface area contributed by atoms with E-state index in [1.165, 1.54) is 6.66 Å². The zero-order valence-electron chi connectivity index (χ0n) is 20.9. The summed E-state index contributed by atoms with van der Waals surface area (Å²) < 4.78 is 32.0. The Balaban J connectivity index is 3.38. The molecule has 0 rings (SSSR count). The smallest absolute Gasteiger partial charge is 0.407 e. The van der Waals surface area contributed by atoms with Gasteiger partial charge in [0.1, 0.15) is 6.61 Å². The summed E-state index contributed by atoms with van der Waals surface area (Å²) in [6, 6.07) is 0. The number of ether oxygens (including phenoxy) is 3. The van der Waals surface area contributed by atoms with Crippen molar-refractivity contribution in [3.8, 4) is 0 Å². The molecule has 3 amide bonds. The average molecular weight is 560 g/mol. The number of hydrogen-bond acceptors (Lipinski definition) is 9. The molecule has 0 fully saturated rings. The van der Waals surface area contributed by atoms with Gasteiger partial charge in [0.05, 0.1) is 39.6 Å². The maximum atomic E-state index is 11.7. The molecule has 14 heteroatoms. The van der Waals surface area contributed by atoms with Crippen LogP contribution >= 0.6 is 30.6 Å². The molecule has 0 radical (unpaired) electrons. The summed E-state index contributed by atoms with van der Waals surface area (Å²) in [5.74, 6) is 0.633. The molecule has 0 aromatic carbocycles. The Morgan fingerprint density at radius 1 is 0.771 bits per heavy atom. The van der Waals surface area contributed by atoms with Gasteiger partial charge in [-0.1, -0.05) is 25.1 Å². The van der Waals surface area contributed by atoms with E-state index in [1.807, 2.05) is 6.26 Å². The lowest BCUT2D eigenvalue weighted by atomic mass is 10.2. The Hall–Kier alpha value is -0.980. The summed E-state index contributed by atoms with van der Waals surface area (Å²) in [6.45, 7) is 1.88. The van der Waals surface area contributed by atoms with Gasteiger partial charge in [-0.25, -0.2) is 4.79 Å². The van der Waals surface area contributed by atoms with Crippen LogP contribution in [-0.2, 0) is 32.9 Å². The summed E-state index contributed by atoms with van der Waals surface area (Å²) in [7, 11) is 0. The van der Waals surface area contributed by atoms with E-state index in [-0.39, 0.29) is 38.0 Å². The lowest BCUT2D eigenvalue weighted by Gasteiger charge is -2.09. The van der Waals surface area contributed by atoms with Crippen LogP contribution in [0.3, 0.4) is 0 Å². The van der Waals surface area contributed by atoms with Crippen molar-refractivity contribution in [2.45, 2.75) is 38.5 Å². The number of thioether (sulfide) groups is 1. The van der Waals surface area contributed by atoms with E-state index in [9.17, 15) is 18.9 Å². The predicted octanol–water partition coefficient (Wildman–Crippen LogP) is 2.45. The van der Waals surface area contributed by atoms with Gasteiger partial charge in [-0.15, -0.1) is 0 Å². The SMILES string of the molecule is CSCCC(=O)NCCOCCOCCC(=O)NCCOC(=O)NCCCCCCOP(C)(=O)S. The first-order valence-electron chi connectivity index (χ1n) is 11.8. The highest BCUT2D eigenvalue weighted by atomic mass is 32.7. The molecule has 1 unspecified atom stereocenters. The van der Waals surface area contributed by atoms with Crippen molar-refractivity contribution >= 4 is 48.5 Å². The highest BCUT2D eigenvalue weighted by Crippen LogP contribution is 2.47. The monoisotopic (exact) mass is 559 g/mol. The first-order valence-corrected chi connectivity index (χ1v) is 16.4. The third-order valence-electron chi connectivity index (χ3n) is 4.28. The number of hydrogen-bond donors (Lipinski definition) is 4.